The molecule has 0 bridgehead atoms. The van der Waals surface area contributed by atoms with Gasteiger partial charge in [-0.1, -0.05) is 24.3 Å². The Balaban J connectivity index is 2.37. The first-order chi connectivity index (χ1) is 6.62. The van der Waals surface area contributed by atoms with Crippen LogP contribution < -0.4 is 16.8 Å². The molecule has 0 amide bonds. The van der Waals surface area contributed by atoms with Crippen molar-refractivity contribution in [2.75, 3.05) is 0 Å². The van der Waals surface area contributed by atoms with Crippen molar-refractivity contribution in [3.8, 4) is 0 Å². The highest BCUT2D eigenvalue weighted by Crippen LogP contribution is 2.32. The summed E-state index contributed by atoms with van der Waals surface area (Å²) in [4.78, 5) is 0. The molecule has 0 saturated heterocycles. The Bertz CT molecular complexity index is 377. The molecule has 1 aromatic rings. The average molecular weight is 207 g/mol. The van der Waals surface area contributed by atoms with Crippen molar-refractivity contribution < 1.29 is 0 Å². The SMILES string of the molecule is NC(=S)NC1(N)CCc2ccccc21. The van der Waals surface area contributed by atoms with Gasteiger partial charge in [0.15, 0.2) is 5.11 Å². The fourth-order valence-electron chi connectivity index (χ4n) is 1.99. The Morgan fingerprint density at radius 3 is 2.86 bits per heavy atom. The number of hydrogen-bond acceptors (Lipinski definition) is 2. The standard InChI is InChI=1S/C10H13N3S/c11-9(14)13-10(12)6-5-7-3-1-2-4-8(7)10/h1-4H,5-6,12H2,(H3,11,13,14). The third-order valence-corrected chi connectivity index (χ3v) is 2.73. The van der Waals surface area contributed by atoms with Crippen LogP contribution in [-0.2, 0) is 12.1 Å². The van der Waals surface area contributed by atoms with E-state index in [0.29, 0.717) is 0 Å². The van der Waals surface area contributed by atoms with Crippen LogP contribution in [0.2, 0.25) is 0 Å². The molecule has 2 rings (SSSR count). The van der Waals surface area contributed by atoms with Crippen LogP contribution >= 0.6 is 12.2 Å². The first-order valence-corrected chi connectivity index (χ1v) is 4.97. The summed E-state index contributed by atoms with van der Waals surface area (Å²) in [7, 11) is 0. The fourth-order valence-corrected chi connectivity index (χ4v) is 2.17. The Hall–Kier alpha value is -1.13. The number of hydrogen-bond donors (Lipinski definition) is 3. The zero-order chi connectivity index (χ0) is 10.2. The van der Waals surface area contributed by atoms with Crippen molar-refractivity contribution in [2.24, 2.45) is 11.5 Å². The van der Waals surface area contributed by atoms with Gasteiger partial charge in [-0.15, -0.1) is 0 Å². The molecule has 14 heavy (non-hydrogen) atoms. The lowest BCUT2D eigenvalue weighted by molar-refractivity contribution is 0.409. The van der Waals surface area contributed by atoms with E-state index < -0.39 is 5.66 Å². The van der Waals surface area contributed by atoms with Crippen LogP contribution in [0.3, 0.4) is 0 Å². The maximum Gasteiger partial charge on any atom is 0.165 e. The van der Waals surface area contributed by atoms with Gasteiger partial charge in [-0.2, -0.15) is 0 Å². The summed E-state index contributed by atoms with van der Waals surface area (Å²) in [6.45, 7) is 0. The third kappa shape index (κ3) is 1.47. The molecule has 0 saturated carbocycles. The summed E-state index contributed by atoms with van der Waals surface area (Å²) in [5.41, 5.74) is 13.5. The molecule has 1 atom stereocenters. The molecule has 1 aliphatic carbocycles. The second-order valence-electron chi connectivity index (χ2n) is 3.62. The van der Waals surface area contributed by atoms with Crippen LogP contribution in [0.15, 0.2) is 24.3 Å². The molecule has 0 aromatic heterocycles. The minimum atomic E-state index is -0.567. The topological polar surface area (TPSA) is 64.1 Å². The van der Waals surface area contributed by atoms with Gasteiger partial charge in [0.2, 0.25) is 0 Å². The van der Waals surface area contributed by atoms with Crippen molar-refractivity contribution in [1.29, 1.82) is 0 Å². The van der Waals surface area contributed by atoms with E-state index >= 15 is 0 Å². The molecule has 1 aromatic carbocycles. The monoisotopic (exact) mass is 207 g/mol. The summed E-state index contributed by atoms with van der Waals surface area (Å²) >= 11 is 4.82. The zero-order valence-electron chi connectivity index (χ0n) is 7.79. The molecular weight excluding hydrogens is 194 g/mol. The smallest absolute Gasteiger partial charge is 0.165 e. The molecule has 0 fully saturated rings. The Morgan fingerprint density at radius 1 is 1.43 bits per heavy atom. The lowest BCUT2D eigenvalue weighted by atomic mass is 10.0. The highest BCUT2D eigenvalue weighted by atomic mass is 32.1. The lowest BCUT2D eigenvalue weighted by Gasteiger charge is -2.27. The number of fused-ring (bicyclic) bond motifs is 1. The Kier molecular flexibility index (Phi) is 2.17. The normalized spacial score (nSPS) is 24.4. The second kappa shape index (κ2) is 3.22. The summed E-state index contributed by atoms with van der Waals surface area (Å²) in [5.74, 6) is 0. The summed E-state index contributed by atoms with van der Waals surface area (Å²) in [6.07, 6.45) is 1.81. The van der Waals surface area contributed by atoms with E-state index in [0.717, 1.165) is 18.4 Å². The van der Waals surface area contributed by atoms with Crippen LogP contribution in [0, 0.1) is 0 Å². The van der Waals surface area contributed by atoms with Crippen LogP contribution in [0.4, 0.5) is 0 Å². The third-order valence-electron chi connectivity index (χ3n) is 2.63. The van der Waals surface area contributed by atoms with E-state index in [-0.39, 0.29) is 5.11 Å². The number of benzene rings is 1. The number of nitrogens with one attached hydrogen (secondary N) is 1. The molecular formula is C10H13N3S. The van der Waals surface area contributed by atoms with Crippen LogP contribution in [0.1, 0.15) is 17.5 Å². The van der Waals surface area contributed by atoms with E-state index in [9.17, 15) is 0 Å². The van der Waals surface area contributed by atoms with Gasteiger partial charge < -0.3 is 16.8 Å². The maximum atomic E-state index is 6.19. The first-order valence-electron chi connectivity index (χ1n) is 4.57. The molecule has 4 heteroatoms. The molecule has 1 aliphatic rings. The van der Waals surface area contributed by atoms with Gasteiger partial charge in [0.1, 0.15) is 5.66 Å². The predicted molar refractivity (Wildman–Crippen MR) is 60.5 cm³/mol. The number of nitrogens with two attached hydrogens (primary N) is 2. The van der Waals surface area contributed by atoms with Crippen molar-refractivity contribution in [3.63, 3.8) is 0 Å². The summed E-state index contributed by atoms with van der Waals surface area (Å²) in [6, 6.07) is 8.11. The predicted octanol–water partition coefficient (Wildman–Crippen LogP) is 0.577. The Morgan fingerprint density at radius 2 is 2.14 bits per heavy atom. The fraction of sp³-hybridized carbons (Fsp3) is 0.300. The Labute approximate surface area is 88.5 Å². The van der Waals surface area contributed by atoms with E-state index in [1.54, 1.807) is 0 Å². The number of thiocarbonyl (C=S) groups is 1. The van der Waals surface area contributed by atoms with Crippen LogP contribution in [-0.4, -0.2) is 5.11 Å². The van der Waals surface area contributed by atoms with E-state index in [4.69, 9.17) is 23.7 Å². The van der Waals surface area contributed by atoms with Crippen molar-refractivity contribution in [3.05, 3.63) is 35.4 Å². The minimum Gasteiger partial charge on any atom is -0.376 e. The molecule has 3 nitrogen and oxygen atoms in total. The van der Waals surface area contributed by atoms with Gasteiger partial charge in [-0.05, 0) is 36.2 Å². The van der Waals surface area contributed by atoms with Crippen molar-refractivity contribution in [2.45, 2.75) is 18.5 Å². The van der Waals surface area contributed by atoms with Gasteiger partial charge >= 0.3 is 0 Å². The van der Waals surface area contributed by atoms with Gasteiger partial charge in [0.25, 0.3) is 0 Å². The second-order valence-corrected chi connectivity index (χ2v) is 4.06. The lowest BCUT2D eigenvalue weighted by Crippen LogP contribution is -2.53. The molecule has 74 valence electrons. The molecule has 0 spiro atoms. The van der Waals surface area contributed by atoms with Crippen LogP contribution in [0.5, 0.6) is 0 Å². The van der Waals surface area contributed by atoms with E-state index in [1.165, 1.54) is 5.56 Å². The average Bonchev–Trinajstić information content (AvgIpc) is 2.44. The van der Waals surface area contributed by atoms with Gasteiger partial charge in [0.05, 0.1) is 0 Å². The summed E-state index contributed by atoms with van der Waals surface area (Å²) < 4.78 is 0. The molecule has 0 aliphatic heterocycles. The number of aryl methyl sites for hydroxylation is 1. The van der Waals surface area contributed by atoms with Gasteiger partial charge in [-0.25, -0.2) is 0 Å². The van der Waals surface area contributed by atoms with Gasteiger partial charge in [0, 0.05) is 0 Å². The van der Waals surface area contributed by atoms with Crippen molar-refractivity contribution >= 4 is 17.3 Å². The highest BCUT2D eigenvalue weighted by Gasteiger charge is 2.34. The molecule has 1 unspecified atom stereocenters. The molecule has 5 N–H and O–H groups in total. The molecule has 0 heterocycles. The van der Waals surface area contributed by atoms with Crippen LogP contribution in [0.25, 0.3) is 0 Å². The van der Waals surface area contributed by atoms with E-state index in [1.807, 2.05) is 18.2 Å². The number of rotatable bonds is 1. The maximum absolute atomic E-state index is 6.19. The van der Waals surface area contributed by atoms with Crippen molar-refractivity contribution in [1.82, 2.24) is 5.32 Å². The largest absolute Gasteiger partial charge is 0.376 e. The highest BCUT2D eigenvalue weighted by molar-refractivity contribution is 7.80. The first kappa shape index (κ1) is 9.43. The zero-order valence-corrected chi connectivity index (χ0v) is 8.60. The van der Waals surface area contributed by atoms with Gasteiger partial charge in [-0.3, -0.25) is 0 Å². The summed E-state index contributed by atoms with van der Waals surface area (Å²) in [5, 5.41) is 3.22. The quantitative estimate of drug-likeness (QED) is 0.465. The molecule has 0 radical (unpaired) electrons. The van der Waals surface area contributed by atoms with E-state index in [2.05, 4.69) is 11.4 Å². The minimum absolute atomic E-state index is 0.254.